The van der Waals surface area contributed by atoms with Gasteiger partial charge in [-0.05, 0) is 46.8 Å². The molecule has 0 bridgehead atoms. The van der Waals surface area contributed by atoms with Crippen LogP contribution in [0, 0.1) is 22.0 Å². The molecule has 1 aromatic heterocycles. The summed E-state index contributed by atoms with van der Waals surface area (Å²) in [7, 11) is 0. The van der Waals surface area contributed by atoms with Gasteiger partial charge in [0.15, 0.2) is 0 Å². The lowest BCUT2D eigenvalue weighted by Gasteiger charge is -2.37. The van der Waals surface area contributed by atoms with Crippen LogP contribution < -0.4 is 10.6 Å². The summed E-state index contributed by atoms with van der Waals surface area (Å²) in [5, 5.41) is 11.0. The molecule has 1 saturated heterocycles. The normalized spacial score (nSPS) is 24.0. The van der Waals surface area contributed by atoms with Gasteiger partial charge in [0.2, 0.25) is 0 Å². The molecule has 0 aromatic carbocycles. The average molecular weight is 250 g/mol. The van der Waals surface area contributed by atoms with Crippen molar-refractivity contribution in [3.63, 3.8) is 0 Å². The van der Waals surface area contributed by atoms with Gasteiger partial charge < -0.3 is 20.7 Å². The Morgan fingerprint density at radius 2 is 2.44 bits per heavy atom. The lowest BCUT2D eigenvalue weighted by Crippen LogP contribution is -2.43. The van der Waals surface area contributed by atoms with Crippen LogP contribution in [-0.2, 0) is 0 Å². The molecule has 0 aliphatic carbocycles. The molecule has 2 atom stereocenters. The summed E-state index contributed by atoms with van der Waals surface area (Å²) in [5.41, 5.74) is 6.36. The van der Waals surface area contributed by atoms with E-state index in [-0.39, 0.29) is 5.82 Å². The van der Waals surface area contributed by atoms with Gasteiger partial charge >= 0.3 is 5.82 Å². The van der Waals surface area contributed by atoms with E-state index in [9.17, 15) is 10.1 Å². The molecule has 0 saturated carbocycles. The van der Waals surface area contributed by atoms with Crippen molar-refractivity contribution in [3.8, 4) is 0 Å². The standard InChI is InChI=1S/C12H18N4O2/c1-9-4-6-15(8-10(9)7-13)11-3-2-5-14-12(11)16(17)18/h2-3,5,9-10H,4,6-8,13H2,1H3. The lowest BCUT2D eigenvalue weighted by molar-refractivity contribution is -0.388. The Morgan fingerprint density at radius 3 is 3.11 bits per heavy atom. The molecule has 6 nitrogen and oxygen atoms in total. The fraction of sp³-hybridized carbons (Fsp3) is 0.583. The van der Waals surface area contributed by atoms with E-state index in [1.165, 1.54) is 6.20 Å². The largest absolute Gasteiger partial charge is 0.387 e. The molecule has 1 aliphatic heterocycles. The number of nitrogens with two attached hydrogens (primary N) is 1. The highest BCUT2D eigenvalue weighted by Crippen LogP contribution is 2.31. The second-order valence-electron chi connectivity index (χ2n) is 4.81. The van der Waals surface area contributed by atoms with Crippen molar-refractivity contribution in [1.82, 2.24) is 4.98 Å². The molecule has 0 spiro atoms. The maximum atomic E-state index is 11.0. The van der Waals surface area contributed by atoms with E-state index < -0.39 is 4.92 Å². The van der Waals surface area contributed by atoms with Crippen LogP contribution in [0.3, 0.4) is 0 Å². The van der Waals surface area contributed by atoms with E-state index in [1.807, 2.05) is 4.90 Å². The van der Waals surface area contributed by atoms with E-state index in [0.29, 0.717) is 24.1 Å². The third-order valence-electron chi connectivity index (χ3n) is 3.70. The highest BCUT2D eigenvalue weighted by Gasteiger charge is 2.29. The van der Waals surface area contributed by atoms with Crippen LogP contribution in [0.2, 0.25) is 0 Å². The number of anilines is 1. The van der Waals surface area contributed by atoms with Crippen molar-refractivity contribution in [2.75, 3.05) is 24.5 Å². The zero-order valence-electron chi connectivity index (χ0n) is 10.5. The molecule has 0 amide bonds. The summed E-state index contributed by atoms with van der Waals surface area (Å²) in [5.74, 6) is 0.892. The Balaban J connectivity index is 2.24. The van der Waals surface area contributed by atoms with Gasteiger partial charge in [0.1, 0.15) is 11.9 Å². The van der Waals surface area contributed by atoms with Gasteiger partial charge in [-0.25, -0.2) is 0 Å². The molecule has 2 unspecified atom stereocenters. The third kappa shape index (κ3) is 2.43. The van der Waals surface area contributed by atoms with Crippen LogP contribution in [0.1, 0.15) is 13.3 Å². The first-order chi connectivity index (χ1) is 8.63. The summed E-state index contributed by atoms with van der Waals surface area (Å²) < 4.78 is 0. The summed E-state index contributed by atoms with van der Waals surface area (Å²) >= 11 is 0. The predicted molar refractivity (Wildman–Crippen MR) is 69.4 cm³/mol. The van der Waals surface area contributed by atoms with E-state index in [1.54, 1.807) is 12.1 Å². The van der Waals surface area contributed by atoms with Gasteiger partial charge in [-0.3, -0.25) is 0 Å². The topological polar surface area (TPSA) is 85.3 Å². The molecule has 2 rings (SSSR count). The number of nitrogens with zero attached hydrogens (tertiary/aromatic N) is 3. The van der Waals surface area contributed by atoms with Crippen molar-refractivity contribution in [2.45, 2.75) is 13.3 Å². The Kier molecular flexibility index (Phi) is 3.76. The summed E-state index contributed by atoms with van der Waals surface area (Å²) in [6, 6.07) is 3.49. The average Bonchev–Trinajstić information content (AvgIpc) is 2.39. The Labute approximate surface area is 106 Å². The first-order valence-electron chi connectivity index (χ1n) is 6.18. The number of pyridine rings is 1. The molecular formula is C12H18N4O2. The number of aromatic nitrogens is 1. The van der Waals surface area contributed by atoms with Crippen molar-refractivity contribution in [1.29, 1.82) is 0 Å². The first kappa shape index (κ1) is 12.8. The van der Waals surface area contributed by atoms with Gasteiger partial charge in [-0.15, -0.1) is 0 Å². The van der Waals surface area contributed by atoms with E-state index in [0.717, 1.165) is 19.5 Å². The lowest BCUT2D eigenvalue weighted by atomic mass is 9.87. The summed E-state index contributed by atoms with van der Waals surface area (Å²) in [6.45, 7) is 4.40. The molecule has 0 radical (unpaired) electrons. The second kappa shape index (κ2) is 5.30. The van der Waals surface area contributed by atoms with Crippen molar-refractivity contribution < 1.29 is 4.92 Å². The van der Waals surface area contributed by atoms with Crippen LogP contribution in [0.25, 0.3) is 0 Å². The number of nitro groups is 1. The predicted octanol–water partition coefficient (Wildman–Crippen LogP) is 1.41. The SMILES string of the molecule is CC1CCN(c2cccnc2[N+](=O)[O-])CC1CN. The molecule has 2 N–H and O–H groups in total. The molecule has 1 aromatic rings. The van der Waals surface area contributed by atoms with Crippen molar-refractivity contribution in [3.05, 3.63) is 28.4 Å². The van der Waals surface area contributed by atoms with E-state index in [2.05, 4.69) is 11.9 Å². The summed E-state index contributed by atoms with van der Waals surface area (Å²) in [6.07, 6.45) is 2.46. The number of piperidine rings is 1. The molecule has 6 heteroatoms. The molecule has 2 heterocycles. The monoisotopic (exact) mass is 250 g/mol. The molecular weight excluding hydrogens is 232 g/mol. The Bertz CT molecular complexity index is 438. The van der Waals surface area contributed by atoms with Crippen LogP contribution in [-0.4, -0.2) is 29.5 Å². The quantitative estimate of drug-likeness (QED) is 0.647. The van der Waals surface area contributed by atoms with Gasteiger partial charge in [-0.1, -0.05) is 6.92 Å². The van der Waals surface area contributed by atoms with E-state index in [4.69, 9.17) is 5.73 Å². The van der Waals surface area contributed by atoms with Crippen LogP contribution in [0.4, 0.5) is 11.5 Å². The minimum atomic E-state index is -0.426. The zero-order chi connectivity index (χ0) is 13.1. The molecule has 18 heavy (non-hydrogen) atoms. The Hall–Kier alpha value is -1.69. The highest BCUT2D eigenvalue weighted by atomic mass is 16.6. The highest BCUT2D eigenvalue weighted by molar-refractivity contribution is 5.59. The van der Waals surface area contributed by atoms with Crippen LogP contribution >= 0.6 is 0 Å². The van der Waals surface area contributed by atoms with Gasteiger partial charge in [0.25, 0.3) is 0 Å². The van der Waals surface area contributed by atoms with Crippen molar-refractivity contribution in [2.24, 2.45) is 17.6 Å². The van der Waals surface area contributed by atoms with Crippen molar-refractivity contribution >= 4 is 11.5 Å². The third-order valence-corrected chi connectivity index (χ3v) is 3.70. The molecule has 98 valence electrons. The summed E-state index contributed by atoms with van der Waals surface area (Å²) in [4.78, 5) is 16.4. The van der Waals surface area contributed by atoms with Crippen LogP contribution in [0.5, 0.6) is 0 Å². The second-order valence-corrected chi connectivity index (χ2v) is 4.81. The maximum absolute atomic E-state index is 11.0. The smallest absolute Gasteiger partial charge is 0.364 e. The maximum Gasteiger partial charge on any atom is 0.387 e. The minimum Gasteiger partial charge on any atom is -0.364 e. The molecule has 1 fully saturated rings. The fourth-order valence-electron chi connectivity index (χ4n) is 2.45. The van der Waals surface area contributed by atoms with Gasteiger partial charge in [-0.2, -0.15) is 0 Å². The zero-order valence-corrected chi connectivity index (χ0v) is 10.5. The number of hydrogen-bond donors (Lipinski definition) is 1. The van der Waals surface area contributed by atoms with Crippen LogP contribution in [0.15, 0.2) is 18.3 Å². The number of rotatable bonds is 3. The van der Waals surface area contributed by atoms with E-state index >= 15 is 0 Å². The Morgan fingerprint density at radius 1 is 1.67 bits per heavy atom. The molecule has 1 aliphatic rings. The minimum absolute atomic E-state index is 0.0668. The fourth-order valence-corrected chi connectivity index (χ4v) is 2.45. The van der Waals surface area contributed by atoms with Gasteiger partial charge in [0.05, 0.1) is 0 Å². The first-order valence-corrected chi connectivity index (χ1v) is 6.18. The van der Waals surface area contributed by atoms with Gasteiger partial charge in [0, 0.05) is 13.1 Å². The number of hydrogen-bond acceptors (Lipinski definition) is 5.